The molecule has 0 saturated heterocycles. The van der Waals surface area contributed by atoms with Gasteiger partial charge in [0, 0.05) is 20.6 Å². The molecule has 0 amide bonds. The smallest absolute Gasteiger partial charge is 0.243 e. The summed E-state index contributed by atoms with van der Waals surface area (Å²) >= 11 is 0. The molecule has 0 radical (unpaired) electrons. The number of nitrogens with one attached hydrogen (secondary N) is 2. The van der Waals surface area contributed by atoms with E-state index in [-0.39, 0.29) is 0 Å². The minimum absolute atomic E-state index is 0.375. The SMILES string of the molecule is CN(C)c1nc(NN)nc(NCC2CCC2)n1. The largest absolute Gasteiger partial charge is 0.354 e. The number of rotatable bonds is 5. The molecule has 1 aromatic rings. The molecule has 4 N–H and O–H groups in total. The fraction of sp³-hybridized carbons (Fsp3) is 0.700. The molecule has 7 heteroatoms. The predicted octanol–water partition coefficient (Wildman–Crippen LogP) is 0.435. The molecule has 2 rings (SSSR count). The number of nitrogen functional groups attached to an aromatic ring is 1. The maximum atomic E-state index is 5.33. The molecular formula is C10H19N7. The first-order valence-electron chi connectivity index (χ1n) is 5.83. The van der Waals surface area contributed by atoms with Crippen LogP contribution in [0.25, 0.3) is 0 Å². The average molecular weight is 237 g/mol. The number of hydrogen-bond acceptors (Lipinski definition) is 7. The van der Waals surface area contributed by atoms with E-state index >= 15 is 0 Å². The van der Waals surface area contributed by atoms with Gasteiger partial charge < -0.3 is 10.2 Å². The molecule has 1 aliphatic carbocycles. The summed E-state index contributed by atoms with van der Waals surface area (Å²) in [6.07, 6.45) is 3.92. The zero-order valence-corrected chi connectivity index (χ0v) is 10.3. The van der Waals surface area contributed by atoms with Gasteiger partial charge in [0.25, 0.3) is 0 Å². The molecule has 7 nitrogen and oxygen atoms in total. The zero-order chi connectivity index (χ0) is 12.3. The van der Waals surface area contributed by atoms with Crippen LogP contribution in [0.4, 0.5) is 17.8 Å². The number of aromatic nitrogens is 3. The van der Waals surface area contributed by atoms with Gasteiger partial charge in [0.05, 0.1) is 0 Å². The number of anilines is 3. The maximum Gasteiger partial charge on any atom is 0.243 e. The van der Waals surface area contributed by atoms with E-state index in [1.165, 1.54) is 19.3 Å². The van der Waals surface area contributed by atoms with Crippen molar-refractivity contribution in [3.8, 4) is 0 Å². The van der Waals surface area contributed by atoms with Gasteiger partial charge in [-0.05, 0) is 18.8 Å². The van der Waals surface area contributed by atoms with Crippen LogP contribution >= 0.6 is 0 Å². The second kappa shape index (κ2) is 5.13. The molecule has 1 aromatic heterocycles. The summed E-state index contributed by atoms with van der Waals surface area (Å²) in [5, 5.41) is 3.23. The number of hydrogen-bond donors (Lipinski definition) is 3. The lowest BCUT2D eigenvalue weighted by Gasteiger charge is -2.25. The number of nitrogens with zero attached hydrogens (tertiary/aromatic N) is 4. The summed E-state index contributed by atoms with van der Waals surface area (Å²) in [5.74, 6) is 7.62. The molecular weight excluding hydrogens is 218 g/mol. The molecule has 94 valence electrons. The maximum absolute atomic E-state index is 5.33. The third kappa shape index (κ3) is 2.94. The van der Waals surface area contributed by atoms with Gasteiger partial charge in [-0.2, -0.15) is 15.0 Å². The average Bonchev–Trinajstić information content (AvgIpc) is 2.26. The van der Waals surface area contributed by atoms with Crippen LogP contribution in [0.2, 0.25) is 0 Å². The van der Waals surface area contributed by atoms with Crippen molar-refractivity contribution in [3.05, 3.63) is 0 Å². The molecule has 1 aliphatic rings. The Hall–Kier alpha value is -1.63. The normalized spacial score (nSPS) is 15.2. The first kappa shape index (κ1) is 11.8. The van der Waals surface area contributed by atoms with E-state index in [2.05, 4.69) is 25.7 Å². The van der Waals surface area contributed by atoms with Crippen LogP contribution in [0.3, 0.4) is 0 Å². The zero-order valence-electron chi connectivity index (χ0n) is 10.3. The Bertz CT molecular complexity index is 375. The first-order valence-corrected chi connectivity index (χ1v) is 5.83. The van der Waals surface area contributed by atoms with E-state index in [0.29, 0.717) is 17.8 Å². The lowest BCUT2D eigenvalue weighted by Crippen LogP contribution is -2.23. The van der Waals surface area contributed by atoms with Crippen molar-refractivity contribution in [2.45, 2.75) is 19.3 Å². The van der Waals surface area contributed by atoms with Crippen LogP contribution in [0.1, 0.15) is 19.3 Å². The molecule has 0 atom stereocenters. The van der Waals surface area contributed by atoms with Crippen LogP contribution in [0.5, 0.6) is 0 Å². The molecule has 1 fully saturated rings. The highest BCUT2D eigenvalue weighted by Crippen LogP contribution is 2.26. The summed E-state index contributed by atoms with van der Waals surface area (Å²) in [7, 11) is 3.76. The van der Waals surface area contributed by atoms with E-state index in [4.69, 9.17) is 5.84 Å². The Balaban J connectivity index is 2.05. The standard InChI is InChI=1S/C10H19N7/c1-17(2)10-14-8(13-9(15-10)16-11)12-6-7-4-3-5-7/h7H,3-6,11H2,1-2H3,(H2,12,13,14,15,16). The van der Waals surface area contributed by atoms with Crippen LogP contribution in [0, 0.1) is 5.92 Å². The predicted molar refractivity (Wildman–Crippen MR) is 67.8 cm³/mol. The molecule has 0 aliphatic heterocycles. The van der Waals surface area contributed by atoms with Gasteiger partial charge in [-0.25, -0.2) is 5.84 Å². The number of nitrogens with two attached hydrogens (primary N) is 1. The monoisotopic (exact) mass is 237 g/mol. The second-order valence-electron chi connectivity index (χ2n) is 4.50. The Morgan fingerprint density at radius 2 is 1.94 bits per heavy atom. The Kier molecular flexibility index (Phi) is 3.58. The van der Waals surface area contributed by atoms with E-state index < -0.39 is 0 Å². The highest BCUT2D eigenvalue weighted by atomic mass is 15.4. The fourth-order valence-electron chi connectivity index (χ4n) is 1.64. The first-order chi connectivity index (χ1) is 8.19. The molecule has 1 saturated carbocycles. The molecule has 17 heavy (non-hydrogen) atoms. The Labute approximate surface area is 101 Å². The van der Waals surface area contributed by atoms with Crippen molar-refractivity contribution in [2.24, 2.45) is 11.8 Å². The van der Waals surface area contributed by atoms with Crippen molar-refractivity contribution < 1.29 is 0 Å². The van der Waals surface area contributed by atoms with Gasteiger partial charge in [-0.3, -0.25) is 5.43 Å². The lowest BCUT2D eigenvalue weighted by molar-refractivity contribution is 0.333. The van der Waals surface area contributed by atoms with Crippen molar-refractivity contribution in [1.82, 2.24) is 15.0 Å². The van der Waals surface area contributed by atoms with E-state index in [9.17, 15) is 0 Å². The minimum atomic E-state index is 0.375. The van der Waals surface area contributed by atoms with Crippen LogP contribution < -0.4 is 21.5 Å². The van der Waals surface area contributed by atoms with Crippen LogP contribution in [-0.4, -0.2) is 35.6 Å². The van der Waals surface area contributed by atoms with Crippen molar-refractivity contribution >= 4 is 17.8 Å². The molecule has 0 unspecified atom stereocenters. The van der Waals surface area contributed by atoms with E-state index in [0.717, 1.165) is 12.5 Å². The third-order valence-electron chi connectivity index (χ3n) is 2.93. The molecule has 0 bridgehead atoms. The van der Waals surface area contributed by atoms with Crippen LogP contribution in [-0.2, 0) is 0 Å². The van der Waals surface area contributed by atoms with Gasteiger partial charge in [0.1, 0.15) is 0 Å². The Morgan fingerprint density at radius 1 is 1.24 bits per heavy atom. The molecule has 1 heterocycles. The summed E-state index contributed by atoms with van der Waals surface area (Å²) in [4.78, 5) is 14.4. The third-order valence-corrected chi connectivity index (χ3v) is 2.93. The van der Waals surface area contributed by atoms with E-state index in [1.54, 1.807) is 0 Å². The molecule has 0 spiro atoms. The highest BCUT2D eigenvalue weighted by molar-refractivity contribution is 5.42. The van der Waals surface area contributed by atoms with Gasteiger partial charge in [-0.1, -0.05) is 6.42 Å². The van der Waals surface area contributed by atoms with Gasteiger partial charge in [0.2, 0.25) is 17.8 Å². The summed E-state index contributed by atoms with van der Waals surface area (Å²) in [5.41, 5.74) is 2.45. The van der Waals surface area contributed by atoms with Crippen molar-refractivity contribution in [3.63, 3.8) is 0 Å². The van der Waals surface area contributed by atoms with Gasteiger partial charge in [0.15, 0.2) is 0 Å². The Morgan fingerprint density at radius 3 is 2.47 bits per heavy atom. The van der Waals surface area contributed by atoms with E-state index in [1.807, 2.05) is 19.0 Å². The molecule has 0 aromatic carbocycles. The minimum Gasteiger partial charge on any atom is -0.354 e. The summed E-state index contributed by atoms with van der Waals surface area (Å²) < 4.78 is 0. The summed E-state index contributed by atoms with van der Waals surface area (Å²) in [6.45, 7) is 0.918. The van der Waals surface area contributed by atoms with Crippen molar-refractivity contribution in [2.75, 3.05) is 36.3 Å². The topological polar surface area (TPSA) is 92.0 Å². The quantitative estimate of drug-likeness (QED) is 0.505. The van der Waals surface area contributed by atoms with Gasteiger partial charge in [-0.15, -0.1) is 0 Å². The van der Waals surface area contributed by atoms with Crippen molar-refractivity contribution in [1.29, 1.82) is 0 Å². The highest BCUT2D eigenvalue weighted by Gasteiger charge is 2.17. The lowest BCUT2D eigenvalue weighted by atomic mass is 9.85. The second-order valence-corrected chi connectivity index (χ2v) is 4.50. The number of hydrazine groups is 1. The van der Waals surface area contributed by atoms with Crippen LogP contribution in [0.15, 0.2) is 0 Å². The summed E-state index contributed by atoms with van der Waals surface area (Å²) in [6, 6.07) is 0. The van der Waals surface area contributed by atoms with Gasteiger partial charge >= 0.3 is 0 Å². The fourth-order valence-corrected chi connectivity index (χ4v) is 1.64.